The molecule has 1 aromatic rings. The largest absolute Gasteiger partial charge is 0.441 e. The van der Waals surface area contributed by atoms with Crippen LogP contribution in [-0.4, -0.2) is 15.6 Å². The average molecular weight is 177 g/mol. The minimum absolute atomic E-state index is 0.397. The van der Waals surface area contributed by atoms with E-state index in [9.17, 15) is 4.79 Å². The Hall–Kier alpha value is -0.770. The Morgan fingerprint density at radius 1 is 1.73 bits per heavy atom. The molecule has 62 valence electrons. The first-order valence-electron chi connectivity index (χ1n) is 3.41. The maximum absolute atomic E-state index is 10.9. The van der Waals surface area contributed by atoms with Gasteiger partial charge in [0, 0.05) is 18.8 Å². The molecule has 0 saturated heterocycles. The first-order chi connectivity index (χ1) is 5.29. The summed E-state index contributed by atoms with van der Waals surface area (Å²) in [6.07, 6.45) is 0.683. The Morgan fingerprint density at radius 3 is 3.00 bits per heavy atom. The Bertz CT molecular complexity index is 278. The minimum atomic E-state index is -0.428. The summed E-state index contributed by atoms with van der Waals surface area (Å²) in [7, 11) is 0. The molecule has 1 heterocycles. The van der Waals surface area contributed by atoms with Gasteiger partial charge in [0.15, 0.2) is 5.82 Å². The summed E-state index contributed by atoms with van der Waals surface area (Å²) < 4.78 is 5.88. The predicted octanol–water partition coefficient (Wildman–Crippen LogP) is 0.637. The second kappa shape index (κ2) is 3.57. The summed E-state index contributed by atoms with van der Waals surface area (Å²) in [6.45, 7) is 2.37. The molecule has 0 fully saturated rings. The average Bonchev–Trinajstić information content (AvgIpc) is 2.34. The molecule has 11 heavy (non-hydrogen) atoms. The third-order valence-corrected chi connectivity index (χ3v) is 1.55. The lowest BCUT2D eigenvalue weighted by molar-refractivity contribution is 0.374. The van der Waals surface area contributed by atoms with Gasteiger partial charge in [-0.3, -0.25) is 9.09 Å². The number of halogens is 1. The van der Waals surface area contributed by atoms with Crippen molar-refractivity contribution in [2.24, 2.45) is 0 Å². The third kappa shape index (κ3) is 1.63. The zero-order valence-electron chi connectivity index (χ0n) is 6.21. The van der Waals surface area contributed by atoms with Crippen LogP contribution in [0, 0.1) is 0 Å². The van der Waals surface area contributed by atoms with Crippen molar-refractivity contribution in [3.63, 3.8) is 0 Å². The normalized spacial score (nSPS) is 10.4. The van der Waals surface area contributed by atoms with Gasteiger partial charge in [0.05, 0.1) is 0 Å². The van der Waals surface area contributed by atoms with E-state index in [1.165, 1.54) is 4.57 Å². The van der Waals surface area contributed by atoms with Crippen molar-refractivity contribution in [3.05, 3.63) is 16.4 Å². The summed E-state index contributed by atoms with van der Waals surface area (Å²) in [5.41, 5.74) is 0. The molecule has 0 N–H and O–H groups in total. The van der Waals surface area contributed by atoms with Crippen LogP contribution < -0.4 is 5.76 Å². The van der Waals surface area contributed by atoms with Crippen molar-refractivity contribution >= 4 is 11.6 Å². The number of rotatable bonds is 3. The van der Waals surface area contributed by atoms with Crippen molar-refractivity contribution in [3.8, 4) is 0 Å². The van der Waals surface area contributed by atoms with Crippen LogP contribution in [-0.2, 0) is 13.0 Å². The molecule has 5 heteroatoms. The second-order valence-corrected chi connectivity index (χ2v) is 2.44. The quantitative estimate of drug-likeness (QED) is 0.635. The molecule has 0 bridgehead atoms. The van der Waals surface area contributed by atoms with Gasteiger partial charge in [0.25, 0.3) is 0 Å². The van der Waals surface area contributed by atoms with Gasteiger partial charge in [-0.2, -0.15) is 0 Å². The number of aromatic nitrogens is 2. The van der Waals surface area contributed by atoms with Gasteiger partial charge >= 0.3 is 5.76 Å². The van der Waals surface area contributed by atoms with Crippen LogP contribution in [0.1, 0.15) is 12.7 Å². The molecule has 0 aromatic carbocycles. The Labute approximate surface area is 68.8 Å². The second-order valence-electron chi connectivity index (χ2n) is 2.06. The van der Waals surface area contributed by atoms with Crippen molar-refractivity contribution in [1.29, 1.82) is 0 Å². The molecule has 1 rings (SSSR count). The zero-order valence-corrected chi connectivity index (χ0v) is 6.97. The fraction of sp³-hybridized carbons (Fsp3) is 0.667. The molecule has 0 saturated carbocycles. The molecule has 0 radical (unpaired) electrons. The van der Waals surface area contributed by atoms with E-state index < -0.39 is 5.76 Å². The van der Waals surface area contributed by atoms with E-state index >= 15 is 0 Å². The molecular weight excluding hydrogens is 168 g/mol. The highest BCUT2D eigenvalue weighted by atomic mass is 35.5. The van der Waals surface area contributed by atoms with Crippen LogP contribution in [0.2, 0.25) is 0 Å². The van der Waals surface area contributed by atoms with E-state index in [4.69, 9.17) is 11.6 Å². The summed E-state index contributed by atoms with van der Waals surface area (Å²) in [4.78, 5) is 10.9. The number of hydrogen-bond acceptors (Lipinski definition) is 3. The van der Waals surface area contributed by atoms with Crippen LogP contribution in [0.25, 0.3) is 0 Å². The molecular formula is C6H9ClN2O2. The number of hydrogen-bond donors (Lipinski definition) is 0. The monoisotopic (exact) mass is 176 g/mol. The van der Waals surface area contributed by atoms with Gasteiger partial charge in [-0.25, -0.2) is 4.79 Å². The van der Waals surface area contributed by atoms with Crippen LogP contribution >= 0.6 is 11.6 Å². The Balaban J connectivity index is 2.97. The van der Waals surface area contributed by atoms with E-state index in [1.54, 1.807) is 0 Å². The van der Waals surface area contributed by atoms with Crippen molar-refractivity contribution in [2.45, 2.75) is 19.9 Å². The minimum Gasteiger partial charge on any atom is -0.296 e. The van der Waals surface area contributed by atoms with Crippen LogP contribution in [0.3, 0.4) is 0 Å². The lowest BCUT2D eigenvalue weighted by Crippen LogP contribution is -2.17. The van der Waals surface area contributed by atoms with Gasteiger partial charge in [0.1, 0.15) is 0 Å². The number of alkyl halides is 1. The van der Waals surface area contributed by atoms with Crippen molar-refractivity contribution in [1.82, 2.24) is 9.72 Å². The van der Waals surface area contributed by atoms with Crippen LogP contribution in [0.4, 0.5) is 0 Å². The lowest BCUT2D eigenvalue weighted by Gasteiger charge is -1.96. The topological polar surface area (TPSA) is 48.0 Å². The van der Waals surface area contributed by atoms with Crippen LogP contribution in [0.5, 0.6) is 0 Å². The Morgan fingerprint density at radius 2 is 2.45 bits per heavy atom. The number of nitrogens with zero attached hydrogens (tertiary/aromatic N) is 2. The molecule has 0 amide bonds. The maximum atomic E-state index is 10.9. The van der Waals surface area contributed by atoms with Crippen molar-refractivity contribution in [2.75, 3.05) is 5.88 Å². The SMILES string of the molecule is CCc1noc(=O)n1CCCl. The molecule has 0 aliphatic carbocycles. The van der Waals surface area contributed by atoms with Gasteiger partial charge < -0.3 is 0 Å². The van der Waals surface area contributed by atoms with Crippen molar-refractivity contribution < 1.29 is 4.52 Å². The fourth-order valence-electron chi connectivity index (χ4n) is 0.856. The lowest BCUT2D eigenvalue weighted by atomic mass is 10.4. The van der Waals surface area contributed by atoms with Gasteiger partial charge in [-0.15, -0.1) is 11.6 Å². The standard InChI is InChI=1S/C6H9ClN2O2/c1-2-5-8-11-6(10)9(5)4-3-7/h2-4H2,1H3. The molecule has 0 unspecified atom stereocenters. The molecule has 4 nitrogen and oxygen atoms in total. The van der Waals surface area contributed by atoms with E-state index in [0.29, 0.717) is 24.7 Å². The summed E-state index contributed by atoms with van der Waals surface area (Å²) in [5, 5.41) is 3.57. The van der Waals surface area contributed by atoms with Gasteiger partial charge in [-0.1, -0.05) is 12.1 Å². The van der Waals surface area contributed by atoms with Gasteiger partial charge in [-0.05, 0) is 0 Å². The first-order valence-corrected chi connectivity index (χ1v) is 3.94. The molecule has 1 aromatic heterocycles. The van der Waals surface area contributed by atoms with E-state index in [2.05, 4.69) is 9.68 Å². The van der Waals surface area contributed by atoms with E-state index in [1.807, 2.05) is 6.92 Å². The molecule has 0 spiro atoms. The fourth-order valence-corrected chi connectivity index (χ4v) is 1.02. The molecule has 0 aliphatic rings. The first kappa shape index (κ1) is 8.33. The predicted molar refractivity (Wildman–Crippen MR) is 40.9 cm³/mol. The van der Waals surface area contributed by atoms with E-state index in [-0.39, 0.29) is 0 Å². The summed E-state index contributed by atoms with van der Waals surface area (Å²) in [5.74, 6) is 0.617. The highest BCUT2D eigenvalue weighted by molar-refractivity contribution is 6.17. The zero-order chi connectivity index (χ0) is 8.27. The smallest absolute Gasteiger partial charge is 0.296 e. The summed E-state index contributed by atoms with van der Waals surface area (Å²) >= 11 is 5.46. The molecule has 0 atom stereocenters. The third-order valence-electron chi connectivity index (χ3n) is 1.39. The van der Waals surface area contributed by atoms with E-state index in [0.717, 1.165) is 0 Å². The maximum Gasteiger partial charge on any atom is 0.441 e. The molecule has 0 aliphatic heterocycles. The summed E-state index contributed by atoms with van der Waals surface area (Å²) in [6, 6.07) is 0. The van der Waals surface area contributed by atoms with Crippen LogP contribution in [0.15, 0.2) is 9.32 Å². The Kier molecular flexibility index (Phi) is 2.70. The highest BCUT2D eigenvalue weighted by Gasteiger charge is 2.06. The van der Waals surface area contributed by atoms with Gasteiger partial charge in [0.2, 0.25) is 0 Å². The highest BCUT2D eigenvalue weighted by Crippen LogP contribution is 1.93. The number of aryl methyl sites for hydroxylation is 1.